The van der Waals surface area contributed by atoms with Crippen LogP contribution in [0, 0.1) is 17.8 Å². The van der Waals surface area contributed by atoms with Crippen LogP contribution >= 0.6 is 0 Å². The molecule has 4 aliphatic rings. The first kappa shape index (κ1) is 27.9. The molecule has 2 N–H and O–H groups in total. The third-order valence-corrected chi connectivity index (χ3v) is 11.9. The molecule has 3 aromatic rings. The Kier molecular flexibility index (Phi) is 7.49. The molecule has 3 saturated carbocycles. The quantitative estimate of drug-likeness (QED) is 0.362. The van der Waals surface area contributed by atoms with Gasteiger partial charge in [-0.1, -0.05) is 30.3 Å². The number of hydrogen-bond donors (Lipinski definition) is 1. The van der Waals surface area contributed by atoms with E-state index in [4.69, 9.17) is 15.2 Å². The number of nitrogens with two attached hydrogens (primary N) is 1. The maximum absolute atomic E-state index is 14.3. The minimum Gasteiger partial charge on any atom is -0.490 e. The average molecular weight is 589 g/mol. The molecule has 2 bridgehead atoms. The van der Waals surface area contributed by atoms with Gasteiger partial charge in [-0.05, 0) is 110 Å². The highest BCUT2D eigenvalue weighted by Gasteiger charge is 2.52. The molecular weight excluding hydrogens is 548 g/mol. The van der Waals surface area contributed by atoms with Gasteiger partial charge in [0.15, 0.2) is 5.78 Å². The molecular formula is C34H40N2O5S. The summed E-state index contributed by atoms with van der Waals surface area (Å²) in [5.41, 5.74) is 6.30. The van der Waals surface area contributed by atoms with Gasteiger partial charge in [0.1, 0.15) is 17.6 Å². The van der Waals surface area contributed by atoms with Crippen molar-refractivity contribution in [2.75, 3.05) is 6.54 Å². The number of nitrogens with zero attached hydrogens (tertiary/aromatic N) is 1. The zero-order chi connectivity index (χ0) is 28.8. The van der Waals surface area contributed by atoms with Gasteiger partial charge in [-0.15, -0.1) is 0 Å². The number of Topliss-reactive ketones (excluding diaryl/α,β-unsaturated/α-hetero) is 1. The van der Waals surface area contributed by atoms with E-state index in [-0.39, 0.29) is 47.1 Å². The summed E-state index contributed by atoms with van der Waals surface area (Å²) in [5, 5.41) is 1.76. The van der Waals surface area contributed by atoms with E-state index in [1.807, 2.05) is 54.6 Å². The Morgan fingerprint density at radius 1 is 0.762 bits per heavy atom. The lowest BCUT2D eigenvalue weighted by Crippen LogP contribution is -2.47. The number of fused-ring (bicyclic) bond motifs is 3. The molecule has 1 heterocycles. The van der Waals surface area contributed by atoms with Gasteiger partial charge < -0.3 is 15.2 Å². The number of carbonyl (C=O) groups excluding carboxylic acids is 1. The Morgan fingerprint density at radius 2 is 1.43 bits per heavy atom. The van der Waals surface area contributed by atoms with Crippen molar-refractivity contribution in [3.63, 3.8) is 0 Å². The van der Waals surface area contributed by atoms with Gasteiger partial charge in [0.25, 0.3) is 0 Å². The van der Waals surface area contributed by atoms with Crippen LogP contribution in [0.3, 0.4) is 0 Å². The summed E-state index contributed by atoms with van der Waals surface area (Å²) in [6.45, 7) is 0.140. The van der Waals surface area contributed by atoms with E-state index < -0.39 is 22.2 Å². The van der Waals surface area contributed by atoms with Crippen molar-refractivity contribution in [3.8, 4) is 11.5 Å². The van der Waals surface area contributed by atoms with Crippen molar-refractivity contribution in [1.29, 1.82) is 0 Å². The molecule has 8 heteroatoms. The first-order valence-electron chi connectivity index (χ1n) is 15.6. The lowest BCUT2D eigenvalue weighted by atomic mass is 9.73. The molecule has 3 aromatic carbocycles. The number of ether oxygens (including phenoxy) is 2. The molecule has 2 unspecified atom stereocenters. The Hall–Kier alpha value is -2.94. The highest BCUT2D eigenvalue weighted by Crippen LogP contribution is 2.48. The summed E-state index contributed by atoms with van der Waals surface area (Å²) in [5.74, 6) is 1.90. The fourth-order valence-electron chi connectivity index (χ4n) is 8.10. The Bertz CT molecular complexity index is 1540. The number of rotatable bonds is 8. The van der Waals surface area contributed by atoms with Crippen LogP contribution in [0.1, 0.15) is 57.8 Å². The van der Waals surface area contributed by atoms with Gasteiger partial charge in [-0.3, -0.25) is 4.79 Å². The first-order chi connectivity index (χ1) is 20.3. The van der Waals surface area contributed by atoms with E-state index in [0.29, 0.717) is 12.2 Å². The molecule has 42 heavy (non-hydrogen) atoms. The van der Waals surface area contributed by atoms with Crippen molar-refractivity contribution < 1.29 is 22.7 Å². The van der Waals surface area contributed by atoms with E-state index in [2.05, 4.69) is 0 Å². The highest BCUT2D eigenvalue weighted by atomic mass is 32.2. The van der Waals surface area contributed by atoms with Crippen molar-refractivity contribution in [3.05, 3.63) is 66.7 Å². The minimum absolute atomic E-state index is 0.0478. The zero-order valence-corrected chi connectivity index (χ0v) is 24.8. The molecule has 7 nitrogen and oxygen atoms in total. The maximum atomic E-state index is 14.3. The highest BCUT2D eigenvalue weighted by molar-refractivity contribution is 7.89. The van der Waals surface area contributed by atoms with Crippen LogP contribution < -0.4 is 15.2 Å². The van der Waals surface area contributed by atoms with Crippen molar-refractivity contribution in [2.24, 2.45) is 23.5 Å². The molecule has 222 valence electrons. The Labute approximate surface area is 248 Å². The second kappa shape index (κ2) is 11.3. The number of sulfonamides is 1. The van der Waals surface area contributed by atoms with Crippen LogP contribution in [0.4, 0.5) is 0 Å². The van der Waals surface area contributed by atoms with E-state index in [0.717, 1.165) is 55.0 Å². The average Bonchev–Trinajstić information content (AvgIpc) is 3.72. The molecule has 1 saturated heterocycles. The molecule has 0 spiro atoms. The number of ketones is 1. The number of hydrogen-bond acceptors (Lipinski definition) is 6. The van der Waals surface area contributed by atoms with E-state index in [1.54, 1.807) is 12.1 Å². The SMILES string of the molecule is NC1CC2CCC(C1)C2C(=O)[C@@H]1C[C@H](Oc2ccccc2)CN1S(=O)(=O)c1ccc2cc(OC3CCCC3)ccc2c1. The molecule has 3 aliphatic carbocycles. The van der Waals surface area contributed by atoms with E-state index in [1.165, 1.54) is 17.1 Å². The standard InChI is InChI=1S/C34H40N2O5S/c35-26-16-24-10-11-25(17-26)33(24)34(37)32-20-30(41-28-6-2-1-3-7-28)21-36(32)42(38,39)31-15-13-22-18-29(14-12-23(22)19-31)40-27-8-4-5-9-27/h1-3,6-7,12-15,18-19,24-27,30,32-33H,4-5,8-11,16-17,20-21,35H2/t24?,25?,26?,30-,32-,33?/m0/s1. The Morgan fingerprint density at radius 3 is 2.17 bits per heavy atom. The Balaban J connectivity index is 1.17. The summed E-state index contributed by atoms with van der Waals surface area (Å²) in [4.78, 5) is 14.4. The van der Waals surface area contributed by atoms with Crippen molar-refractivity contribution in [2.45, 2.75) is 87.0 Å². The van der Waals surface area contributed by atoms with Gasteiger partial charge in [-0.2, -0.15) is 4.31 Å². The molecule has 4 atom stereocenters. The zero-order valence-electron chi connectivity index (χ0n) is 23.9. The van der Waals surface area contributed by atoms with Crippen molar-refractivity contribution in [1.82, 2.24) is 4.31 Å². The van der Waals surface area contributed by atoms with Gasteiger partial charge in [-0.25, -0.2) is 8.42 Å². The first-order valence-corrected chi connectivity index (χ1v) is 17.0. The lowest BCUT2D eigenvalue weighted by Gasteiger charge is -2.35. The largest absolute Gasteiger partial charge is 0.490 e. The summed E-state index contributed by atoms with van der Waals surface area (Å²) in [6, 6.07) is 19.9. The third-order valence-electron chi connectivity index (χ3n) is 10.0. The molecule has 0 radical (unpaired) electrons. The number of para-hydroxylation sites is 1. The normalized spacial score (nSPS) is 30.1. The number of carbonyl (C=O) groups is 1. The number of benzene rings is 3. The fourth-order valence-corrected chi connectivity index (χ4v) is 9.78. The summed E-state index contributed by atoms with van der Waals surface area (Å²) in [7, 11) is -3.97. The second-order valence-electron chi connectivity index (χ2n) is 12.8. The molecule has 0 aromatic heterocycles. The lowest BCUT2D eigenvalue weighted by molar-refractivity contribution is -0.129. The van der Waals surface area contributed by atoms with E-state index >= 15 is 0 Å². The van der Waals surface area contributed by atoms with Crippen LogP contribution in [0.25, 0.3) is 10.8 Å². The molecule has 0 amide bonds. The second-order valence-corrected chi connectivity index (χ2v) is 14.7. The smallest absolute Gasteiger partial charge is 0.243 e. The van der Waals surface area contributed by atoms with E-state index in [9.17, 15) is 13.2 Å². The van der Waals surface area contributed by atoms with Crippen LogP contribution in [0.15, 0.2) is 71.6 Å². The predicted molar refractivity (Wildman–Crippen MR) is 162 cm³/mol. The predicted octanol–water partition coefficient (Wildman–Crippen LogP) is 5.70. The molecule has 4 fully saturated rings. The van der Waals surface area contributed by atoms with Gasteiger partial charge >= 0.3 is 0 Å². The molecule has 7 rings (SSSR count). The van der Waals surface area contributed by atoms with Gasteiger partial charge in [0.2, 0.25) is 10.0 Å². The minimum atomic E-state index is -3.97. The molecule has 1 aliphatic heterocycles. The fraction of sp³-hybridized carbons (Fsp3) is 0.500. The van der Waals surface area contributed by atoms with Gasteiger partial charge in [0, 0.05) is 18.4 Å². The van der Waals surface area contributed by atoms with Crippen LogP contribution in [0.2, 0.25) is 0 Å². The summed E-state index contributed by atoms with van der Waals surface area (Å²) < 4.78 is 42.4. The topological polar surface area (TPSA) is 98.9 Å². The maximum Gasteiger partial charge on any atom is 0.243 e. The monoisotopic (exact) mass is 588 g/mol. The van der Waals surface area contributed by atoms with Crippen molar-refractivity contribution >= 4 is 26.6 Å². The third kappa shape index (κ3) is 5.33. The summed E-state index contributed by atoms with van der Waals surface area (Å²) in [6.07, 6.45) is 8.43. The van der Waals surface area contributed by atoms with Crippen LogP contribution in [-0.2, 0) is 14.8 Å². The van der Waals surface area contributed by atoms with Gasteiger partial charge in [0.05, 0.1) is 23.6 Å². The van der Waals surface area contributed by atoms with Crippen LogP contribution in [-0.4, -0.2) is 49.3 Å². The van der Waals surface area contributed by atoms with Crippen LogP contribution in [0.5, 0.6) is 11.5 Å². The summed E-state index contributed by atoms with van der Waals surface area (Å²) >= 11 is 0.